The number of rotatable bonds is 5. The number of carbonyl (C=O) groups is 1. The van der Waals surface area contributed by atoms with Crippen LogP contribution in [-0.4, -0.2) is 46.6 Å². The van der Waals surface area contributed by atoms with Crippen molar-refractivity contribution in [2.24, 2.45) is 7.05 Å². The van der Waals surface area contributed by atoms with Crippen molar-refractivity contribution in [2.75, 3.05) is 19.9 Å². The molecule has 8 nitrogen and oxygen atoms in total. The van der Waals surface area contributed by atoms with Crippen LogP contribution >= 0.6 is 0 Å². The van der Waals surface area contributed by atoms with E-state index in [1.165, 1.54) is 0 Å². The number of benzene rings is 2. The second-order valence-corrected chi connectivity index (χ2v) is 7.65. The van der Waals surface area contributed by atoms with Crippen LogP contribution in [-0.2, 0) is 13.6 Å². The van der Waals surface area contributed by atoms with Gasteiger partial charge in [0.1, 0.15) is 6.61 Å². The second kappa shape index (κ2) is 7.86. The molecule has 2 aromatic carbocycles. The molecule has 0 saturated carbocycles. The summed E-state index contributed by atoms with van der Waals surface area (Å²) in [5.41, 5.74) is 2.36. The van der Waals surface area contributed by atoms with Crippen molar-refractivity contribution < 1.29 is 23.7 Å². The molecule has 1 aromatic heterocycles. The van der Waals surface area contributed by atoms with Gasteiger partial charge in [0.25, 0.3) is 5.91 Å². The van der Waals surface area contributed by atoms with Crippen molar-refractivity contribution in [1.29, 1.82) is 0 Å². The van der Waals surface area contributed by atoms with Crippen LogP contribution in [0.3, 0.4) is 0 Å². The summed E-state index contributed by atoms with van der Waals surface area (Å²) in [7, 11) is 1.88. The first kappa shape index (κ1) is 19.3. The Hall–Kier alpha value is -3.68. The van der Waals surface area contributed by atoms with E-state index in [4.69, 9.17) is 18.9 Å². The molecule has 1 amide bonds. The maximum atomic E-state index is 13.5. The molecular weight excluding hydrogens is 398 g/mol. The van der Waals surface area contributed by atoms with Crippen LogP contribution in [0.4, 0.5) is 0 Å². The maximum absolute atomic E-state index is 13.5. The van der Waals surface area contributed by atoms with Crippen molar-refractivity contribution in [1.82, 2.24) is 14.7 Å². The fraction of sp³-hybridized carbons (Fsp3) is 0.304. The molecule has 5 rings (SSSR count). The standard InChI is InChI=1S/C23H23N3O5/c1-15-9-17(25(2)24-15)11-26(12-18-13-28-19-5-3-4-6-21(19)31-18)23(27)16-7-8-20-22(10-16)30-14-29-20/h3-10,18H,11-14H2,1-2H3/t18-/m1/s1. The first-order valence-electron chi connectivity index (χ1n) is 10.1. The Kier molecular flexibility index (Phi) is 4.89. The lowest BCUT2D eigenvalue weighted by Crippen LogP contribution is -2.43. The van der Waals surface area contributed by atoms with Gasteiger partial charge in [0.2, 0.25) is 6.79 Å². The van der Waals surface area contributed by atoms with Gasteiger partial charge in [-0.1, -0.05) is 12.1 Å². The quantitative estimate of drug-likeness (QED) is 0.631. The van der Waals surface area contributed by atoms with Crippen molar-refractivity contribution in [3.05, 3.63) is 65.5 Å². The molecule has 0 radical (unpaired) electrons. The summed E-state index contributed by atoms with van der Waals surface area (Å²) >= 11 is 0. The Bertz CT molecular complexity index is 1130. The Morgan fingerprint density at radius 2 is 1.84 bits per heavy atom. The topological polar surface area (TPSA) is 75.1 Å². The number of hydrogen-bond donors (Lipinski definition) is 0. The lowest BCUT2D eigenvalue weighted by Gasteiger charge is -2.31. The average Bonchev–Trinajstić information content (AvgIpc) is 3.37. The molecule has 160 valence electrons. The normalized spacial score (nSPS) is 16.3. The van der Waals surface area contributed by atoms with Crippen LogP contribution in [0.1, 0.15) is 21.7 Å². The Morgan fingerprint density at radius 3 is 2.65 bits per heavy atom. The SMILES string of the molecule is Cc1cc(CN(C[C@@H]2COc3ccccc3O2)C(=O)c2ccc3c(c2)OCO3)n(C)n1. The van der Waals surface area contributed by atoms with Gasteiger partial charge in [-0.3, -0.25) is 9.48 Å². The molecule has 0 spiro atoms. The second-order valence-electron chi connectivity index (χ2n) is 7.65. The number of nitrogens with zero attached hydrogens (tertiary/aromatic N) is 3. The van der Waals surface area contributed by atoms with Crippen molar-refractivity contribution in [2.45, 2.75) is 19.6 Å². The lowest BCUT2D eigenvalue weighted by atomic mass is 10.1. The van der Waals surface area contributed by atoms with Crippen LogP contribution in [0.2, 0.25) is 0 Å². The predicted molar refractivity (Wildman–Crippen MR) is 112 cm³/mol. The highest BCUT2D eigenvalue weighted by atomic mass is 16.7. The summed E-state index contributed by atoms with van der Waals surface area (Å²) in [4.78, 5) is 15.2. The molecule has 2 aliphatic rings. The summed E-state index contributed by atoms with van der Waals surface area (Å²) < 4.78 is 24.6. The fourth-order valence-electron chi connectivity index (χ4n) is 3.84. The minimum absolute atomic E-state index is 0.125. The van der Waals surface area contributed by atoms with E-state index < -0.39 is 0 Å². The van der Waals surface area contributed by atoms with Crippen LogP contribution < -0.4 is 18.9 Å². The zero-order valence-corrected chi connectivity index (χ0v) is 17.4. The third-order valence-electron chi connectivity index (χ3n) is 5.35. The first-order chi connectivity index (χ1) is 15.1. The highest BCUT2D eigenvalue weighted by Gasteiger charge is 2.28. The molecule has 0 unspecified atom stereocenters. The Balaban J connectivity index is 1.40. The van der Waals surface area contributed by atoms with Gasteiger partial charge < -0.3 is 23.8 Å². The lowest BCUT2D eigenvalue weighted by molar-refractivity contribution is 0.0439. The van der Waals surface area contributed by atoms with Crippen molar-refractivity contribution in [3.8, 4) is 23.0 Å². The number of fused-ring (bicyclic) bond motifs is 2. The predicted octanol–water partition coefficient (Wildman–Crippen LogP) is 2.94. The van der Waals surface area contributed by atoms with E-state index in [9.17, 15) is 4.79 Å². The molecule has 2 aliphatic heterocycles. The van der Waals surface area contributed by atoms with Gasteiger partial charge in [-0.15, -0.1) is 0 Å². The first-order valence-corrected chi connectivity index (χ1v) is 10.1. The molecular formula is C23H23N3O5. The minimum atomic E-state index is -0.290. The van der Waals surface area contributed by atoms with Crippen molar-refractivity contribution in [3.63, 3.8) is 0 Å². The number of aromatic nitrogens is 2. The number of amides is 1. The van der Waals surface area contributed by atoms with E-state index in [1.54, 1.807) is 27.8 Å². The smallest absolute Gasteiger partial charge is 0.254 e. The third kappa shape index (κ3) is 3.88. The molecule has 3 aromatic rings. The molecule has 0 bridgehead atoms. The van der Waals surface area contributed by atoms with Gasteiger partial charge in [0, 0.05) is 12.6 Å². The number of ether oxygens (including phenoxy) is 4. The van der Waals surface area contributed by atoms with E-state index in [0.29, 0.717) is 42.5 Å². The largest absolute Gasteiger partial charge is 0.486 e. The average molecular weight is 421 g/mol. The molecule has 0 aliphatic carbocycles. The Labute approximate surface area is 179 Å². The van der Waals surface area contributed by atoms with Crippen molar-refractivity contribution >= 4 is 5.91 Å². The summed E-state index contributed by atoms with van der Waals surface area (Å²) in [5.74, 6) is 2.50. The van der Waals surface area contributed by atoms with Crippen LogP contribution in [0.5, 0.6) is 23.0 Å². The van der Waals surface area contributed by atoms with E-state index in [0.717, 1.165) is 17.1 Å². The van der Waals surface area contributed by atoms with Gasteiger partial charge in [0.05, 0.1) is 24.5 Å². The summed E-state index contributed by atoms with van der Waals surface area (Å²) in [6.07, 6.45) is -0.290. The van der Waals surface area contributed by atoms with E-state index in [1.807, 2.05) is 44.3 Å². The van der Waals surface area contributed by atoms with E-state index in [2.05, 4.69) is 5.10 Å². The molecule has 3 heterocycles. The minimum Gasteiger partial charge on any atom is -0.486 e. The number of hydrogen-bond acceptors (Lipinski definition) is 6. The summed E-state index contributed by atoms with van der Waals surface area (Å²) in [6, 6.07) is 14.8. The van der Waals surface area contributed by atoms with Gasteiger partial charge >= 0.3 is 0 Å². The zero-order chi connectivity index (χ0) is 21.4. The van der Waals surface area contributed by atoms with Gasteiger partial charge in [0.15, 0.2) is 29.1 Å². The highest BCUT2D eigenvalue weighted by Crippen LogP contribution is 2.34. The van der Waals surface area contributed by atoms with Gasteiger partial charge in [-0.25, -0.2) is 0 Å². The van der Waals surface area contributed by atoms with Crippen LogP contribution in [0.25, 0.3) is 0 Å². The molecule has 0 fully saturated rings. The van der Waals surface area contributed by atoms with E-state index >= 15 is 0 Å². The summed E-state index contributed by atoms with van der Waals surface area (Å²) in [6.45, 7) is 3.23. The molecule has 1 atom stereocenters. The number of carbonyl (C=O) groups excluding carboxylic acids is 1. The molecule has 0 saturated heterocycles. The number of para-hydroxylation sites is 2. The molecule has 31 heavy (non-hydrogen) atoms. The van der Waals surface area contributed by atoms with Gasteiger partial charge in [-0.05, 0) is 43.3 Å². The fourth-order valence-corrected chi connectivity index (χ4v) is 3.84. The van der Waals surface area contributed by atoms with Crippen LogP contribution in [0.15, 0.2) is 48.5 Å². The summed E-state index contributed by atoms with van der Waals surface area (Å²) in [5, 5.41) is 4.41. The molecule has 8 heteroatoms. The molecule has 0 N–H and O–H groups in total. The highest BCUT2D eigenvalue weighted by molar-refractivity contribution is 5.95. The monoisotopic (exact) mass is 421 g/mol. The van der Waals surface area contributed by atoms with Crippen LogP contribution in [0, 0.1) is 6.92 Å². The zero-order valence-electron chi connectivity index (χ0n) is 17.4. The van der Waals surface area contributed by atoms with E-state index in [-0.39, 0.29) is 18.8 Å². The third-order valence-corrected chi connectivity index (χ3v) is 5.35. The number of aryl methyl sites for hydroxylation is 2. The Morgan fingerprint density at radius 1 is 1.06 bits per heavy atom. The maximum Gasteiger partial charge on any atom is 0.254 e. The van der Waals surface area contributed by atoms with Gasteiger partial charge in [-0.2, -0.15) is 5.10 Å².